The number of hydrogen-bond acceptors (Lipinski definition) is 4. The van der Waals surface area contributed by atoms with Crippen molar-refractivity contribution in [1.82, 2.24) is 4.98 Å². The molecule has 0 radical (unpaired) electrons. The van der Waals surface area contributed by atoms with Crippen LogP contribution in [0.25, 0.3) is 22.4 Å². The number of aryl methyl sites for hydroxylation is 1. The first kappa shape index (κ1) is 28.1. The number of aromatic nitrogens is 1. The number of carbonyl (C=O) groups excluding carboxylic acids is 1. The summed E-state index contributed by atoms with van der Waals surface area (Å²) in [5.74, 6) is -0.933. The van der Waals surface area contributed by atoms with Crippen LogP contribution in [0.3, 0.4) is 0 Å². The van der Waals surface area contributed by atoms with E-state index in [9.17, 15) is 9.59 Å². The van der Waals surface area contributed by atoms with E-state index in [1.54, 1.807) is 26.0 Å². The highest BCUT2D eigenvalue weighted by atomic mass is 35.5. The molecule has 0 aliphatic heterocycles. The number of benzene rings is 2. The number of Topliss-reactive ketones (excluding diaryl/α,β-unsaturated/α-hetero) is 1. The summed E-state index contributed by atoms with van der Waals surface area (Å²) in [7, 11) is 0. The summed E-state index contributed by atoms with van der Waals surface area (Å²) in [5, 5.41) is 10.4. The first-order valence-corrected chi connectivity index (χ1v) is 12.7. The van der Waals surface area contributed by atoms with Crippen LogP contribution in [0.15, 0.2) is 48.5 Å². The second-order valence-corrected chi connectivity index (χ2v) is 10.4. The maximum atomic E-state index is 12.7. The fraction of sp³-hybridized carbons (Fsp3) is 0.321. The molecule has 3 aromatic rings. The van der Waals surface area contributed by atoms with Gasteiger partial charge in [0.2, 0.25) is 0 Å². The molecule has 0 aliphatic carbocycles. The van der Waals surface area contributed by atoms with Crippen LogP contribution in [0.2, 0.25) is 15.1 Å². The third-order valence-corrected chi connectivity index (χ3v) is 6.76. The highest BCUT2D eigenvalue weighted by molar-refractivity contribution is 6.36. The lowest BCUT2D eigenvalue weighted by Crippen LogP contribution is -2.34. The van der Waals surface area contributed by atoms with Gasteiger partial charge in [-0.15, -0.1) is 0 Å². The molecule has 0 saturated heterocycles. The molecule has 1 N–H and O–H groups in total. The SMILES string of the molecule is Cc1nc(-c2ccc(Cl)cc2)c(-c2ccc(Cl)cc2Cl)cc1COC(C)(C)C(=O)CCCCC(=O)O. The number of ketones is 1. The number of carbonyl (C=O) groups is 2. The van der Waals surface area contributed by atoms with E-state index in [1.165, 1.54) is 0 Å². The molecule has 0 bridgehead atoms. The van der Waals surface area contributed by atoms with Crippen LogP contribution < -0.4 is 0 Å². The Labute approximate surface area is 226 Å². The molecule has 2 aromatic carbocycles. The normalized spacial score (nSPS) is 11.5. The summed E-state index contributed by atoms with van der Waals surface area (Å²) >= 11 is 18.8. The summed E-state index contributed by atoms with van der Waals surface area (Å²) in [5.41, 5.74) is 3.76. The van der Waals surface area contributed by atoms with Crippen LogP contribution in [0.4, 0.5) is 0 Å². The minimum Gasteiger partial charge on any atom is -0.481 e. The zero-order chi connectivity index (χ0) is 26.5. The first-order chi connectivity index (χ1) is 17.0. The number of unbranched alkanes of at least 4 members (excludes halogenated alkanes) is 1. The third kappa shape index (κ3) is 7.30. The van der Waals surface area contributed by atoms with E-state index in [2.05, 4.69) is 0 Å². The molecule has 0 atom stereocenters. The molecule has 1 aromatic heterocycles. The number of ether oxygens (including phenoxy) is 1. The molecule has 0 fully saturated rings. The number of pyridine rings is 1. The van der Waals surface area contributed by atoms with Crippen LogP contribution in [-0.4, -0.2) is 27.4 Å². The molecular weight excluding hydrogens is 521 g/mol. The zero-order valence-electron chi connectivity index (χ0n) is 20.4. The first-order valence-electron chi connectivity index (χ1n) is 11.6. The number of halogens is 3. The van der Waals surface area contributed by atoms with Gasteiger partial charge in [0.1, 0.15) is 5.60 Å². The Morgan fingerprint density at radius 1 is 0.917 bits per heavy atom. The van der Waals surface area contributed by atoms with Gasteiger partial charge < -0.3 is 9.84 Å². The van der Waals surface area contributed by atoms with Crippen molar-refractivity contribution in [2.75, 3.05) is 0 Å². The van der Waals surface area contributed by atoms with Crippen molar-refractivity contribution in [2.24, 2.45) is 0 Å². The van der Waals surface area contributed by atoms with Gasteiger partial charge in [-0.25, -0.2) is 0 Å². The Morgan fingerprint density at radius 3 is 2.19 bits per heavy atom. The molecule has 0 spiro atoms. The van der Waals surface area contributed by atoms with E-state index < -0.39 is 11.6 Å². The summed E-state index contributed by atoms with van der Waals surface area (Å²) in [4.78, 5) is 28.3. The molecule has 1 heterocycles. The fourth-order valence-corrected chi connectivity index (χ4v) is 4.37. The molecule has 0 aliphatic rings. The lowest BCUT2D eigenvalue weighted by Gasteiger charge is -2.25. The Kier molecular flexibility index (Phi) is 9.53. The molecule has 3 rings (SSSR count). The van der Waals surface area contributed by atoms with Gasteiger partial charge in [0.05, 0.1) is 12.3 Å². The minimum absolute atomic E-state index is 0.0510. The zero-order valence-corrected chi connectivity index (χ0v) is 22.7. The van der Waals surface area contributed by atoms with Gasteiger partial charge in [-0.2, -0.15) is 0 Å². The molecule has 5 nitrogen and oxygen atoms in total. The monoisotopic (exact) mass is 547 g/mol. The predicted molar refractivity (Wildman–Crippen MR) is 145 cm³/mol. The van der Waals surface area contributed by atoms with E-state index >= 15 is 0 Å². The molecule has 0 saturated carbocycles. The van der Waals surface area contributed by atoms with Gasteiger partial charge in [0.25, 0.3) is 0 Å². The number of hydrogen-bond donors (Lipinski definition) is 1. The van der Waals surface area contributed by atoms with E-state index in [0.29, 0.717) is 27.9 Å². The Balaban J connectivity index is 1.90. The quantitative estimate of drug-likeness (QED) is 0.244. The molecule has 8 heteroatoms. The summed E-state index contributed by atoms with van der Waals surface area (Å²) in [6, 6.07) is 14.7. The van der Waals surface area contributed by atoms with Gasteiger partial charge in [-0.3, -0.25) is 14.6 Å². The van der Waals surface area contributed by atoms with E-state index in [-0.39, 0.29) is 25.2 Å². The third-order valence-electron chi connectivity index (χ3n) is 5.96. The van der Waals surface area contributed by atoms with Gasteiger partial charge in [-0.05, 0) is 69.5 Å². The Morgan fingerprint density at radius 2 is 1.56 bits per heavy atom. The predicted octanol–water partition coefficient (Wildman–Crippen LogP) is 8.19. The van der Waals surface area contributed by atoms with Crippen molar-refractivity contribution in [2.45, 2.75) is 58.7 Å². The topological polar surface area (TPSA) is 76.5 Å². The van der Waals surface area contributed by atoms with E-state index in [0.717, 1.165) is 33.6 Å². The minimum atomic E-state index is -1.03. The van der Waals surface area contributed by atoms with Crippen molar-refractivity contribution < 1.29 is 19.4 Å². The van der Waals surface area contributed by atoms with Crippen LogP contribution in [-0.2, 0) is 20.9 Å². The number of carboxylic acids is 1. The average Bonchev–Trinajstić information content (AvgIpc) is 2.81. The maximum Gasteiger partial charge on any atom is 0.303 e. The van der Waals surface area contributed by atoms with Gasteiger partial charge in [-0.1, -0.05) is 53.0 Å². The molecule has 36 heavy (non-hydrogen) atoms. The number of carboxylic acid groups (broad SMARTS) is 1. The van der Waals surface area contributed by atoms with Crippen molar-refractivity contribution in [1.29, 1.82) is 0 Å². The second kappa shape index (κ2) is 12.2. The van der Waals surface area contributed by atoms with Crippen LogP contribution in [0.1, 0.15) is 50.8 Å². The highest BCUT2D eigenvalue weighted by Gasteiger charge is 2.28. The molecular formula is C28H28Cl3NO4. The summed E-state index contributed by atoms with van der Waals surface area (Å²) < 4.78 is 6.06. The number of aliphatic carboxylic acids is 1. The van der Waals surface area contributed by atoms with Crippen LogP contribution >= 0.6 is 34.8 Å². The van der Waals surface area contributed by atoms with Gasteiger partial charge in [0, 0.05) is 50.3 Å². The summed E-state index contributed by atoms with van der Waals surface area (Å²) in [6.45, 7) is 5.53. The Hall–Kier alpha value is -2.44. The van der Waals surface area contributed by atoms with Crippen molar-refractivity contribution in [3.8, 4) is 22.4 Å². The maximum absolute atomic E-state index is 12.7. The average molecular weight is 549 g/mol. The second-order valence-electron chi connectivity index (χ2n) is 9.08. The van der Waals surface area contributed by atoms with Gasteiger partial charge >= 0.3 is 5.97 Å². The lowest BCUT2D eigenvalue weighted by atomic mass is 9.96. The fourth-order valence-electron chi connectivity index (χ4n) is 3.74. The van der Waals surface area contributed by atoms with Gasteiger partial charge in [0.15, 0.2) is 5.78 Å². The largest absolute Gasteiger partial charge is 0.481 e. The van der Waals surface area contributed by atoms with Crippen LogP contribution in [0.5, 0.6) is 0 Å². The Bertz CT molecular complexity index is 1260. The lowest BCUT2D eigenvalue weighted by molar-refractivity contribution is -0.142. The molecule has 190 valence electrons. The van der Waals surface area contributed by atoms with Crippen molar-refractivity contribution in [3.63, 3.8) is 0 Å². The van der Waals surface area contributed by atoms with Crippen molar-refractivity contribution in [3.05, 3.63) is 74.9 Å². The van der Waals surface area contributed by atoms with Crippen LogP contribution in [0, 0.1) is 6.92 Å². The van der Waals surface area contributed by atoms with Crippen molar-refractivity contribution >= 4 is 46.6 Å². The van der Waals surface area contributed by atoms with E-state index in [4.69, 9.17) is 49.6 Å². The number of nitrogens with zero attached hydrogens (tertiary/aromatic N) is 1. The number of rotatable bonds is 11. The standard InChI is InChI=1S/C28H28Cl3NO4/c1-17-19(16-36-28(2,3)25(33)6-4-5-7-26(34)35)14-23(22-13-12-21(30)15-24(22)31)27(32-17)18-8-10-20(29)11-9-18/h8-15H,4-7,16H2,1-3H3,(H,34,35). The van der Waals surface area contributed by atoms with E-state index in [1.807, 2.05) is 43.3 Å². The molecule has 0 amide bonds. The molecule has 0 unspecified atom stereocenters. The smallest absolute Gasteiger partial charge is 0.303 e. The summed E-state index contributed by atoms with van der Waals surface area (Å²) in [6.07, 6.45) is 1.28. The highest BCUT2D eigenvalue weighted by Crippen LogP contribution is 2.38.